The SMILES string of the molecule is CCCCn1c(N)c(N2CCOCC2)c(=O)n(CC(=O)Nc2ccccc2OC)c1=O. The molecule has 0 unspecified atom stereocenters. The van der Waals surface area contributed by atoms with E-state index in [2.05, 4.69) is 5.32 Å². The van der Waals surface area contributed by atoms with E-state index >= 15 is 0 Å². The first-order valence-corrected chi connectivity index (χ1v) is 10.4. The van der Waals surface area contributed by atoms with E-state index in [9.17, 15) is 14.4 Å². The Hall–Kier alpha value is -3.27. The van der Waals surface area contributed by atoms with Gasteiger partial charge >= 0.3 is 5.69 Å². The van der Waals surface area contributed by atoms with Gasteiger partial charge in [-0.25, -0.2) is 9.36 Å². The summed E-state index contributed by atoms with van der Waals surface area (Å²) in [5, 5.41) is 2.70. The van der Waals surface area contributed by atoms with E-state index < -0.39 is 23.7 Å². The zero-order chi connectivity index (χ0) is 22.4. The highest BCUT2D eigenvalue weighted by atomic mass is 16.5. The van der Waals surface area contributed by atoms with Gasteiger partial charge in [-0.1, -0.05) is 25.5 Å². The van der Waals surface area contributed by atoms with Gasteiger partial charge < -0.3 is 25.4 Å². The summed E-state index contributed by atoms with van der Waals surface area (Å²) in [6.45, 7) is 3.83. The zero-order valence-electron chi connectivity index (χ0n) is 17.9. The molecule has 0 radical (unpaired) electrons. The maximum atomic E-state index is 13.2. The second-order valence-electron chi connectivity index (χ2n) is 7.26. The van der Waals surface area contributed by atoms with Crippen molar-refractivity contribution in [2.45, 2.75) is 32.9 Å². The highest BCUT2D eigenvalue weighted by Gasteiger charge is 2.24. The Kier molecular flexibility index (Phi) is 7.35. The number of carbonyl (C=O) groups excluding carboxylic acids is 1. The lowest BCUT2D eigenvalue weighted by atomic mass is 10.3. The molecule has 0 saturated carbocycles. The molecule has 1 fully saturated rings. The summed E-state index contributed by atoms with van der Waals surface area (Å²) >= 11 is 0. The molecule has 2 heterocycles. The van der Waals surface area contributed by atoms with Gasteiger partial charge in [0.2, 0.25) is 5.91 Å². The maximum absolute atomic E-state index is 13.2. The summed E-state index contributed by atoms with van der Waals surface area (Å²) in [4.78, 5) is 40.8. The van der Waals surface area contributed by atoms with Crippen LogP contribution >= 0.6 is 0 Å². The number of aromatic nitrogens is 2. The molecule has 3 N–H and O–H groups in total. The number of benzene rings is 1. The van der Waals surface area contributed by atoms with Crippen molar-refractivity contribution >= 4 is 23.1 Å². The van der Waals surface area contributed by atoms with Gasteiger partial charge in [-0.2, -0.15) is 0 Å². The molecule has 0 aliphatic carbocycles. The Morgan fingerprint density at radius 1 is 1.19 bits per heavy atom. The van der Waals surface area contributed by atoms with Crippen molar-refractivity contribution in [1.29, 1.82) is 0 Å². The molecule has 31 heavy (non-hydrogen) atoms. The Bertz CT molecular complexity index is 1040. The van der Waals surface area contributed by atoms with Crippen LogP contribution in [-0.2, 0) is 22.6 Å². The van der Waals surface area contributed by atoms with E-state index in [1.165, 1.54) is 11.7 Å². The number of morpholine rings is 1. The number of nitrogens with zero attached hydrogens (tertiary/aromatic N) is 3. The van der Waals surface area contributed by atoms with Crippen LogP contribution in [0.4, 0.5) is 17.2 Å². The van der Waals surface area contributed by atoms with Crippen molar-refractivity contribution in [3.05, 3.63) is 45.1 Å². The summed E-state index contributed by atoms with van der Waals surface area (Å²) in [6.07, 6.45) is 1.57. The smallest absolute Gasteiger partial charge is 0.333 e. The average Bonchev–Trinajstić information content (AvgIpc) is 2.78. The molecule has 0 atom stereocenters. The predicted octanol–water partition coefficient (Wildman–Crippen LogP) is 0.876. The number of nitrogen functional groups attached to an aromatic ring is 1. The van der Waals surface area contributed by atoms with Crippen molar-refractivity contribution in [3.63, 3.8) is 0 Å². The molecule has 1 aromatic heterocycles. The van der Waals surface area contributed by atoms with E-state index in [0.29, 0.717) is 44.3 Å². The summed E-state index contributed by atoms with van der Waals surface area (Å²) < 4.78 is 12.9. The molecule has 1 saturated heterocycles. The van der Waals surface area contributed by atoms with Crippen LogP contribution in [0.2, 0.25) is 0 Å². The molecule has 10 heteroatoms. The fourth-order valence-electron chi connectivity index (χ4n) is 3.54. The molecule has 10 nitrogen and oxygen atoms in total. The van der Waals surface area contributed by atoms with Crippen LogP contribution in [0.3, 0.4) is 0 Å². The fraction of sp³-hybridized carbons (Fsp3) is 0.476. The summed E-state index contributed by atoms with van der Waals surface area (Å²) in [7, 11) is 1.50. The molecule has 2 aromatic rings. The molecule has 1 aromatic carbocycles. The van der Waals surface area contributed by atoms with Gasteiger partial charge in [0.25, 0.3) is 5.56 Å². The first-order valence-electron chi connectivity index (χ1n) is 10.4. The van der Waals surface area contributed by atoms with Gasteiger partial charge in [-0.15, -0.1) is 0 Å². The lowest BCUT2D eigenvalue weighted by molar-refractivity contribution is -0.116. The highest BCUT2D eigenvalue weighted by Crippen LogP contribution is 2.23. The van der Waals surface area contributed by atoms with Crippen LogP contribution in [0.1, 0.15) is 19.8 Å². The molecule has 1 amide bonds. The third-order valence-corrected chi connectivity index (χ3v) is 5.19. The van der Waals surface area contributed by atoms with Crippen molar-refractivity contribution in [2.75, 3.05) is 49.4 Å². The highest BCUT2D eigenvalue weighted by molar-refractivity contribution is 5.92. The van der Waals surface area contributed by atoms with Crippen LogP contribution in [0.5, 0.6) is 5.75 Å². The number of nitrogens with two attached hydrogens (primary N) is 1. The van der Waals surface area contributed by atoms with E-state index in [0.717, 1.165) is 17.4 Å². The van der Waals surface area contributed by atoms with Crippen LogP contribution in [-0.4, -0.2) is 48.5 Å². The van der Waals surface area contributed by atoms with E-state index in [-0.39, 0.29) is 11.5 Å². The Labute approximate surface area is 180 Å². The van der Waals surface area contributed by atoms with E-state index in [1.807, 2.05) is 11.8 Å². The zero-order valence-corrected chi connectivity index (χ0v) is 17.9. The number of rotatable bonds is 8. The monoisotopic (exact) mass is 431 g/mol. The number of methoxy groups -OCH3 is 1. The Balaban J connectivity index is 1.98. The quantitative estimate of drug-likeness (QED) is 0.636. The summed E-state index contributed by atoms with van der Waals surface area (Å²) in [5.41, 5.74) is 5.79. The third kappa shape index (κ3) is 4.91. The molecule has 0 spiro atoms. The number of hydrogen-bond acceptors (Lipinski definition) is 7. The van der Waals surface area contributed by atoms with Crippen LogP contribution in [0.25, 0.3) is 0 Å². The van der Waals surface area contributed by atoms with Gasteiger partial charge in [0.15, 0.2) is 0 Å². The lowest BCUT2D eigenvalue weighted by Crippen LogP contribution is -2.48. The number of carbonyl (C=O) groups is 1. The van der Waals surface area contributed by atoms with Crippen molar-refractivity contribution in [1.82, 2.24) is 9.13 Å². The maximum Gasteiger partial charge on any atom is 0.333 e. The van der Waals surface area contributed by atoms with E-state index in [4.69, 9.17) is 15.2 Å². The van der Waals surface area contributed by atoms with Crippen molar-refractivity contribution in [3.8, 4) is 5.75 Å². The van der Waals surface area contributed by atoms with Crippen molar-refractivity contribution in [2.24, 2.45) is 0 Å². The number of ether oxygens (including phenoxy) is 2. The standard InChI is InChI=1S/C21H29N5O5/c1-3-4-9-25-19(22)18(24-10-12-31-13-11-24)20(28)26(21(25)29)14-17(27)23-15-7-5-6-8-16(15)30-2/h5-8H,3-4,9-14,22H2,1-2H3,(H,23,27). The Morgan fingerprint density at radius 2 is 1.90 bits per heavy atom. The van der Waals surface area contributed by atoms with Crippen LogP contribution in [0.15, 0.2) is 33.9 Å². The fourth-order valence-corrected chi connectivity index (χ4v) is 3.54. The number of nitrogens with one attached hydrogen (secondary N) is 1. The minimum atomic E-state index is -0.594. The van der Waals surface area contributed by atoms with Gasteiger partial charge in [0.05, 0.1) is 26.0 Å². The average molecular weight is 431 g/mol. The van der Waals surface area contributed by atoms with Gasteiger partial charge in [0, 0.05) is 19.6 Å². The molecule has 3 rings (SSSR count). The predicted molar refractivity (Wildman–Crippen MR) is 119 cm³/mol. The first kappa shape index (κ1) is 22.4. The molecular weight excluding hydrogens is 402 g/mol. The largest absolute Gasteiger partial charge is 0.495 e. The van der Waals surface area contributed by atoms with E-state index in [1.54, 1.807) is 24.3 Å². The number of amides is 1. The minimum Gasteiger partial charge on any atom is -0.495 e. The first-order chi connectivity index (χ1) is 15.0. The number of hydrogen-bond donors (Lipinski definition) is 2. The number of anilines is 3. The van der Waals surface area contributed by atoms with Gasteiger partial charge in [-0.3, -0.25) is 14.2 Å². The molecule has 168 valence electrons. The molecule has 1 aliphatic heterocycles. The molecule has 1 aliphatic rings. The third-order valence-electron chi connectivity index (χ3n) is 5.19. The number of para-hydroxylation sites is 2. The molecule has 0 bridgehead atoms. The second kappa shape index (κ2) is 10.2. The number of unbranched alkanes of at least 4 members (excludes halogenated alkanes) is 1. The lowest BCUT2D eigenvalue weighted by Gasteiger charge is -2.30. The van der Waals surface area contributed by atoms with Gasteiger partial charge in [0.1, 0.15) is 23.8 Å². The second-order valence-corrected chi connectivity index (χ2v) is 7.26. The summed E-state index contributed by atoms with van der Waals surface area (Å²) in [6, 6.07) is 6.92. The van der Waals surface area contributed by atoms with Crippen molar-refractivity contribution < 1.29 is 14.3 Å². The van der Waals surface area contributed by atoms with Crippen LogP contribution < -0.4 is 31.9 Å². The summed E-state index contributed by atoms with van der Waals surface area (Å²) in [5.74, 6) is 0.102. The van der Waals surface area contributed by atoms with Crippen LogP contribution in [0, 0.1) is 0 Å². The minimum absolute atomic E-state index is 0.131. The topological polar surface area (TPSA) is 121 Å². The normalized spacial score (nSPS) is 13.8. The Morgan fingerprint density at radius 3 is 2.58 bits per heavy atom. The molecular formula is C21H29N5O5. The van der Waals surface area contributed by atoms with Gasteiger partial charge in [-0.05, 0) is 18.6 Å².